The maximum absolute atomic E-state index is 12.8. The summed E-state index contributed by atoms with van der Waals surface area (Å²) in [5, 5.41) is 0. The van der Waals surface area contributed by atoms with E-state index in [1.807, 2.05) is 0 Å². The molecule has 0 aliphatic rings. The van der Waals surface area contributed by atoms with Crippen molar-refractivity contribution in [2.24, 2.45) is 0 Å². The van der Waals surface area contributed by atoms with E-state index in [1.165, 1.54) is 64.2 Å². The number of carbonyl (C=O) groups is 3. The summed E-state index contributed by atoms with van der Waals surface area (Å²) in [6.45, 7) is 6.33. The minimum Gasteiger partial charge on any atom is -0.462 e. The molecule has 0 amide bonds. The molecule has 6 nitrogen and oxygen atoms in total. The third-order valence-electron chi connectivity index (χ3n) is 12.7. The van der Waals surface area contributed by atoms with Crippen molar-refractivity contribution in [1.29, 1.82) is 0 Å². The second-order valence-electron chi connectivity index (χ2n) is 20.2. The Balaban J connectivity index is 4.31. The fourth-order valence-corrected chi connectivity index (χ4v) is 8.09. The van der Waals surface area contributed by atoms with Gasteiger partial charge in [-0.15, -0.1) is 0 Å². The Bertz CT molecular complexity index is 1760. The Morgan fingerprint density at radius 2 is 0.500 bits per heavy atom. The number of rotatable bonds is 55. The lowest BCUT2D eigenvalue weighted by Gasteiger charge is -2.18. The van der Waals surface area contributed by atoms with Gasteiger partial charge in [-0.1, -0.05) is 249 Å². The molecule has 0 rings (SSSR count). The van der Waals surface area contributed by atoms with Gasteiger partial charge in [0.25, 0.3) is 0 Å². The lowest BCUT2D eigenvalue weighted by atomic mass is 10.1. The fraction of sp³-hybridized carbons (Fsp3) is 0.597. The minimum atomic E-state index is -0.813. The van der Waals surface area contributed by atoms with Crippen LogP contribution in [0.1, 0.15) is 258 Å². The number of esters is 3. The quantitative estimate of drug-likeness (QED) is 0.0261. The average Bonchev–Trinajstić information content (AvgIpc) is 3.44. The summed E-state index contributed by atoms with van der Waals surface area (Å²) in [6, 6.07) is 0. The van der Waals surface area contributed by atoms with E-state index in [-0.39, 0.29) is 37.5 Å². The molecule has 1 atom stereocenters. The first-order chi connectivity index (χ1) is 38.5. The molecule has 0 saturated heterocycles. The largest absolute Gasteiger partial charge is 0.462 e. The molecule has 0 bridgehead atoms. The van der Waals surface area contributed by atoms with Crippen LogP contribution in [0.5, 0.6) is 0 Å². The van der Waals surface area contributed by atoms with Gasteiger partial charge in [0.1, 0.15) is 13.2 Å². The van der Waals surface area contributed by atoms with Crippen LogP contribution in [-0.4, -0.2) is 37.2 Å². The topological polar surface area (TPSA) is 78.9 Å². The van der Waals surface area contributed by atoms with Gasteiger partial charge in [0.05, 0.1) is 0 Å². The van der Waals surface area contributed by atoms with Crippen LogP contribution in [0.25, 0.3) is 0 Å². The van der Waals surface area contributed by atoms with Crippen molar-refractivity contribution in [3.05, 3.63) is 158 Å². The molecule has 0 aromatic heterocycles. The molecule has 6 heteroatoms. The van der Waals surface area contributed by atoms with Gasteiger partial charge in [-0.25, -0.2) is 0 Å². The molecule has 0 radical (unpaired) electrons. The molecule has 0 N–H and O–H groups in total. The SMILES string of the molecule is CC/C=C\C/C=C\C/C=C\C/C=C\C/C=C\C/C=C\C/C=C\C/C=C\CCCCCCCCCCC(=O)OCC(COC(=O)CCCCCCC/C=C\CCCCC)OC(=O)CCCC/C=C\C/C=C\C/C=C\C/C=C\CC. The standard InChI is InChI=1S/C72H114O6/c1-4-7-10-13-16-19-22-25-27-28-29-30-31-32-33-34-35-36-37-38-39-40-41-42-43-44-46-47-50-53-56-59-62-65-71(74)77-68-69(67-76-70(73)64-61-58-55-52-49-24-21-18-15-12-9-6-3)78-72(75)66-63-60-57-54-51-48-45-26-23-20-17-14-11-8-5-2/h7-8,10-11,16-21,25-27,29-30,32-33,35-36,38-39,41-42,45,51,54,69H,4-6,9,12-15,22-24,28,31,34,37,40,43-44,46-50,52-53,55-68H2,1-3H3/b10-7-,11-8-,19-16-,20-17-,21-18-,27-25-,30-29-,33-32-,36-35-,39-38-,42-41-,45-26-,54-51-. The molecule has 78 heavy (non-hydrogen) atoms. The van der Waals surface area contributed by atoms with Crippen LogP contribution in [-0.2, 0) is 28.6 Å². The molecule has 0 heterocycles. The molecule has 0 aromatic carbocycles. The van der Waals surface area contributed by atoms with Crippen LogP contribution < -0.4 is 0 Å². The highest BCUT2D eigenvalue weighted by atomic mass is 16.6. The van der Waals surface area contributed by atoms with Crippen LogP contribution >= 0.6 is 0 Å². The summed E-state index contributed by atoms with van der Waals surface area (Å²) >= 11 is 0. The molecular weight excluding hydrogens is 961 g/mol. The first-order valence-electron chi connectivity index (χ1n) is 31.5. The van der Waals surface area contributed by atoms with E-state index in [4.69, 9.17) is 14.2 Å². The number of ether oxygens (including phenoxy) is 3. The van der Waals surface area contributed by atoms with Crippen molar-refractivity contribution in [2.75, 3.05) is 13.2 Å². The highest BCUT2D eigenvalue weighted by Gasteiger charge is 2.19. The van der Waals surface area contributed by atoms with Gasteiger partial charge < -0.3 is 14.2 Å². The third-order valence-corrected chi connectivity index (χ3v) is 12.7. The van der Waals surface area contributed by atoms with Gasteiger partial charge in [0.2, 0.25) is 0 Å². The molecule has 0 aliphatic heterocycles. The van der Waals surface area contributed by atoms with Crippen molar-refractivity contribution in [3.63, 3.8) is 0 Å². The lowest BCUT2D eigenvalue weighted by Crippen LogP contribution is -2.30. The Hall–Kier alpha value is -4.97. The zero-order valence-electron chi connectivity index (χ0n) is 50.1. The normalized spacial score (nSPS) is 13.2. The van der Waals surface area contributed by atoms with E-state index in [1.54, 1.807) is 0 Å². The smallest absolute Gasteiger partial charge is 0.306 e. The number of hydrogen-bond donors (Lipinski definition) is 0. The highest BCUT2D eigenvalue weighted by molar-refractivity contribution is 5.71. The van der Waals surface area contributed by atoms with E-state index in [0.29, 0.717) is 19.3 Å². The summed E-state index contributed by atoms with van der Waals surface area (Å²) in [7, 11) is 0. The Morgan fingerprint density at radius 3 is 0.821 bits per heavy atom. The number of allylic oxidation sites excluding steroid dienone is 26. The van der Waals surface area contributed by atoms with Crippen molar-refractivity contribution in [3.8, 4) is 0 Å². The van der Waals surface area contributed by atoms with Gasteiger partial charge in [-0.3, -0.25) is 14.4 Å². The van der Waals surface area contributed by atoms with Gasteiger partial charge in [0.15, 0.2) is 6.10 Å². The molecule has 0 saturated carbocycles. The van der Waals surface area contributed by atoms with E-state index in [2.05, 4.69) is 179 Å². The fourth-order valence-electron chi connectivity index (χ4n) is 8.09. The van der Waals surface area contributed by atoms with E-state index >= 15 is 0 Å². The molecular formula is C72H114O6. The molecule has 438 valence electrons. The molecule has 1 unspecified atom stereocenters. The summed E-state index contributed by atoms with van der Waals surface area (Å²) in [4.78, 5) is 38.2. The zero-order chi connectivity index (χ0) is 56.4. The summed E-state index contributed by atoms with van der Waals surface area (Å²) in [5.74, 6) is -0.971. The second kappa shape index (κ2) is 64.6. The predicted octanol–water partition coefficient (Wildman–Crippen LogP) is 21.7. The maximum atomic E-state index is 12.8. The van der Waals surface area contributed by atoms with Gasteiger partial charge in [-0.05, 0) is 148 Å². The van der Waals surface area contributed by atoms with Crippen molar-refractivity contribution in [2.45, 2.75) is 264 Å². The highest BCUT2D eigenvalue weighted by Crippen LogP contribution is 2.14. The van der Waals surface area contributed by atoms with Crippen LogP contribution in [0, 0.1) is 0 Å². The Labute approximate surface area is 480 Å². The van der Waals surface area contributed by atoms with Gasteiger partial charge in [-0.2, -0.15) is 0 Å². The lowest BCUT2D eigenvalue weighted by molar-refractivity contribution is -0.167. The summed E-state index contributed by atoms with van der Waals surface area (Å²) < 4.78 is 16.8. The number of carbonyl (C=O) groups excluding carboxylic acids is 3. The minimum absolute atomic E-state index is 0.107. The van der Waals surface area contributed by atoms with E-state index < -0.39 is 6.10 Å². The van der Waals surface area contributed by atoms with Crippen molar-refractivity contribution >= 4 is 17.9 Å². The first-order valence-corrected chi connectivity index (χ1v) is 31.5. The van der Waals surface area contributed by atoms with Gasteiger partial charge in [0, 0.05) is 19.3 Å². The summed E-state index contributed by atoms with van der Waals surface area (Å²) in [6.07, 6.45) is 94.0. The summed E-state index contributed by atoms with van der Waals surface area (Å²) in [5.41, 5.74) is 0. The second-order valence-corrected chi connectivity index (χ2v) is 20.2. The van der Waals surface area contributed by atoms with Gasteiger partial charge >= 0.3 is 17.9 Å². The Kier molecular flexibility index (Phi) is 60.4. The molecule has 0 fully saturated rings. The number of unbranched alkanes of at least 4 members (excludes halogenated alkanes) is 18. The number of hydrogen-bond acceptors (Lipinski definition) is 6. The zero-order valence-corrected chi connectivity index (χ0v) is 50.1. The van der Waals surface area contributed by atoms with Crippen LogP contribution in [0.3, 0.4) is 0 Å². The van der Waals surface area contributed by atoms with Crippen molar-refractivity contribution < 1.29 is 28.6 Å². The van der Waals surface area contributed by atoms with E-state index in [9.17, 15) is 14.4 Å². The Morgan fingerprint density at radius 1 is 0.269 bits per heavy atom. The predicted molar refractivity (Wildman–Crippen MR) is 338 cm³/mol. The molecule has 0 aliphatic carbocycles. The maximum Gasteiger partial charge on any atom is 0.306 e. The first kappa shape index (κ1) is 73.0. The van der Waals surface area contributed by atoms with Crippen LogP contribution in [0.15, 0.2) is 158 Å². The monoisotopic (exact) mass is 1070 g/mol. The molecule has 0 spiro atoms. The van der Waals surface area contributed by atoms with Crippen LogP contribution in [0.2, 0.25) is 0 Å². The van der Waals surface area contributed by atoms with E-state index in [0.717, 1.165) is 148 Å². The van der Waals surface area contributed by atoms with Crippen LogP contribution in [0.4, 0.5) is 0 Å². The average molecular weight is 1080 g/mol. The third kappa shape index (κ3) is 61.9. The van der Waals surface area contributed by atoms with Crippen molar-refractivity contribution in [1.82, 2.24) is 0 Å². The molecule has 0 aromatic rings.